The third kappa shape index (κ3) is 2.72. The molecule has 2 aromatic carbocycles. The van der Waals surface area contributed by atoms with Crippen LogP contribution < -0.4 is 4.72 Å². The fraction of sp³-hybridized carbons (Fsp3) is 0. The molecule has 0 unspecified atom stereocenters. The maximum absolute atomic E-state index is 12.1. The van der Waals surface area contributed by atoms with Gasteiger partial charge in [-0.25, -0.2) is 13.2 Å². The topological polar surface area (TPSA) is 104 Å². The van der Waals surface area contributed by atoms with E-state index in [2.05, 4.69) is 4.72 Å². The van der Waals surface area contributed by atoms with Gasteiger partial charge >= 0.3 is 5.97 Å². The molecular formula is C13H11NO5S. The fourth-order valence-corrected chi connectivity index (χ4v) is 2.69. The second-order valence-electron chi connectivity index (χ2n) is 3.93. The number of hydrogen-bond acceptors (Lipinski definition) is 4. The number of aromatic carboxylic acids is 1. The van der Waals surface area contributed by atoms with Gasteiger partial charge in [0.25, 0.3) is 10.0 Å². The number of carboxylic acid groups (broad SMARTS) is 1. The Hall–Kier alpha value is -2.54. The molecule has 6 nitrogen and oxygen atoms in total. The van der Waals surface area contributed by atoms with Gasteiger partial charge in [-0.2, -0.15) is 0 Å². The molecule has 0 fully saturated rings. The molecule has 0 aliphatic heterocycles. The van der Waals surface area contributed by atoms with Gasteiger partial charge in [-0.05, 0) is 24.3 Å². The van der Waals surface area contributed by atoms with E-state index >= 15 is 0 Å². The number of sulfonamides is 1. The Morgan fingerprint density at radius 1 is 1.00 bits per heavy atom. The minimum Gasteiger partial charge on any atom is -0.505 e. The number of carboxylic acids is 1. The van der Waals surface area contributed by atoms with Gasteiger partial charge in [-0.1, -0.05) is 24.3 Å². The second kappa shape index (κ2) is 5.22. The number of nitrogens with one attached hydrogen (secondary N) is 1. The van der Waals surface area contributed by atoms with Crippen LogP contribution in [0.4, 0.5) is 5.69 Å². The zero-order valence-electron chi connectivity index (χ0n) is 10.1. The molecule has 104 valence electrons. The molecule has 0 aromatic heterocycles. The lowest BCUT2D eigenvalue weighted by Gasteiger charge is -2.10. The van der Waals surface area contributed by atoms with Gasteiger partial charge in [-0.15, -0.1) is 0 Å². The van der Waals surface area contributed by atoms with Crippen LogP contribution >= 0.6 is 0 Å². The van der Waals surface area contributed by atoms with Crippen molar-refractivity contribution in [3.05, 3.63) is 54.1 Å². The lowest BCUT2D eigenvalue weighted by molar-refractivity contribution is 0.0694. The summed E-state index contributed by atoms with van der Waals surface area (Å²) in [5.41, 5.74) is -0.563. The van der Waals surface area contributed by atoms with Crippen LogP contribution in [0.5, 0.6) is 5.75 Å². The monoisotopic (exact) mass is 293 g/mol. The van der Waals surface area contributed by atoms with E-state index in [-0.39, 0.29) is 16.1 Å². The first kappa shape index (κ1) is 13.9. The summed E-state index contributed by atoms with van der Waals surface area (Å²) >= 11 is 0. The summed E-state index contributed by atoms with van der Waals surface area (Å²) in [5, 5.41) is 18.6. The van der Waals surface area contributed by atoms with Crippen molar-refractivity contribution in [3.63, 3.8) is 0 Å². The summed E-state index contributed by atoms with van der Waals surface area (Å²) in [6.07, 6.45) is 0. The van der Waals surface area contributed by atoms with Gasteiger partial charge in [0.05, 0.1) is 10.6 Å². The minimum atomic E-state index is -3.88. The van der Waals surface area contributed by atoms with Gasteiger partial charge in [0.1, 0.15) is 5.56 Å². The van der Waals surface area contributed by atoms with Crippen LogP contribution in [0.15, 0.2) is 53.4 Å². The molecular weight excluding hydrogens is 282 g/mol. The molecule has 20 heavy (non-hydrogen) atoms. The lowest BCUT2D eigenvalue weighted by atomic mass is 10.2. The third-order valence-corrected chi connectivity index (χ3v) is 3.95. The van der Waals surface area contributed by atoms with Crippen molar-refractivity contribution in [1.82, 2.24) is 0 Å². The molecule has 3 N–H and O–H groups in total. The van der Waals surface area contributed by atoms with E-state index in [0.29, 0.717) is 0 Å². The van der Waals surface area contributed by atoms with Crippen LogP contribution in [0.3, 0.4) is 0 Å². The summed E-state index contributed by atoms with van der Waals surface area (Å²) in [5.74, 6) is -1.97. The van der Waals surface area contributed by atoms with E-state index in [1.165, 1.54) is 30.3 Å². The van der Waals surface area contributed by atoms with Crippen LogP contribution in [0, 0.1) is 0 Å². The highest BCUT2D eigenvalue weighted by atomic mass is 32.2. The lowest BCUT2D eigenvalue weighted by Crippen LogP contribution is -2.13. The van der Waals surface area contributed by atoms with Gasteiger partial charge in [0.2, 0.25) is 0 Å². The van der Waals surface area contributed by atoms with Gasteiger partial charge < -0.3 is 10.2 Å². The molecule has 0 spiro atoms. The molecule has 0 atom stereocenters. The zero-order valence-corrected chi connectivity index (χ0v) is 11.0. The van der Waals surface area contributed by atoms with Crippen molar-refractivity contribution in [3.8, 4) is 5.75 Å². The number of anilines is 1. The fourth-order valence-electron chi connectivity index (χ4n) is 1.60. The van der Waals surface area contributed by atoms with Gasteiger partial charge in [-0.3, -0.25) is 4.72 Å². The Morgan fingerprint density at radius 3 is 2.25 bits per heavy atom. The van der Waals surface area contributed by atoms with Crippen molar-refractivity contribution in [2.75, 3.05) is 4.72 Å². The molecule has 0 heterocycles. The van der Waals surface area contributed by atoms with Crippen molar-refractivity contribution < 1.29 is 23.4 Å². The summed E-state index contributed by atoms with van der Waals surface area (Å²) < 4.78 is 26.3. The summed E-state index contributed by atoms with van der Waals surface area (Å²) in [7, 11) is -3.88. The average molecular weight is 293 g/mol. The second-order valence-corrected chi connectivity index (χ2v) is 5.61. The van der Waals surface area contributed by atoms with E-state index in [4.69, 9.17) is 5.11 Å². The number of carbonyl (C=O) groups is 1. The SMILES string of the molecule is O=C(O)c1cccc(NS(=O)(=O)c2ccccc2)c1O. The molecule has 0 saturated carbocycles. The van der Waals surface area contributed by atoms with Crippen molar-refractivity contribution in [2.24, 2.45) is 0 Å². The van der Waals surface area contributed by atoms with E-state index < -0.39 is 21.7 Å². The first-order valence-electron chi connectivity index (χ1n) is 5.55. The van der Waals surface area contributed by atoms with Crippen LogP contribution in [-0.2, 0) is 10.0 Å². The largest absolute Gasteiger partial charge is 0.505 e. The average Bonchev–Trinajstić information content (AvgIpc) is 2.41. The Kier molecular flexibility index (Phi) is 3.62. The Labute approximate surface area is 115 Å². The van der Waals surface area contributed by atoms with E-state index in [0.717, 1.165) is 0 Å². The number of hydrogen-bond donors (Lipinski definition) is 3. The zero-order chi connectivity index (χ0) is 14.8. The highest BCUT2D eigenvalue weighted by Crippen LogP contribution is 2.29. The van der Waals surface area contributed by atoms with Crippen LogP contribution in [0.25, 0.3) is 0 Å². The molecule has 0 aliphatic carbocycles. The highest BCUT2D eigenvalue weighted by molar-refractivity contribution is 7.92. The van der Waals surface area contributed by atoms with E-state index in [1.54, 1.807) is 18.2 Å². The summed E-state index contributed by atoms with van der Waals surface area (Å²) in [6, 6.07) is 11.4. The molecule has 0 radical (unpaired) electrons. The predicted molar refractivity (Wildman–Crippen MR) is 72.3 cm³/mol. The van der Waals surface area contributed by atoms with Crippen molar-refractivity contribution >= 4 is 21.7 Å². The van der Waals surface area contributed by atoms with E-state index in [9.17, 15) is 18.3 Å². The summed E-state index contributed by atoms with van der Waals surface area (Å²) in [4.78, 5) is 10.9. The van der Waals surface area contributed by atoms with Crippen LogP contribution in [0.1, 0.15) is 10.4 Å². The smallest absolute Gasteiger partial charge is 0.339 e. The van der Waals surface area contributed by atoms with Crippen molar-refractivity contribution in [2.45, 2.75) is 4.90 Å². The predicted octanol–water partition coefficient (Wildman–Crippen LogP) is 1.89. The number of benzene rings is 2. The van der Waals surface area contributed by atoms with Crippen LogP contribution in [0.2, 0.25) is 0 Å². The highest BCUT2D eigenvalue weighted by Gasteiger charge is 2.18. The molecule has 0 bridgehead atoms. The van der Waals surface area contributed by atoms with Gasteiger partial charge in [0.15, 0.2) is 5.75 Å². The molecule has 7 heteroatoms. The first-order chi connectivity index (χ1) is 9.42. The molecule has 2 rings (SSSR count). The Balaban J connectivity index is 2.41. The Morgan fingerprint density at radius 2 is 1.65 bits per heavy atom. The Bertz CT molecular complexity index is 741. The normalized spacial score (nSPS) is 11.0. The van der Waals surface area contributed by atoms with Crippen LogP contribution in [-0.4, -0.2) is 24.6 Å². The van der Waals surface area contributed by atoms with Crippen molar-refractivity contribution in [1.29, 1.82) is 0 Å². The number of phenols is 1. The number of aromatic hydroxyl groups is 1. The molecule has 0 amide bonds. The first-order valence-corrected chi connectivity index (χ1v) is 7.03. The molecule has 0 aliphatic rings. The molecule has 0 saturated heterocycles. The summed E-state index contributed by atoms with van der Waals surface area (Å²) in [6.45, 7) is 0. The molecule has 2 aromatic rings. The number of para-hydroxylation sites is 1. The maximum atomic E-state index is 12.1. The third-order valence-electron chi connectivity index (χ3n) is 2.56. The maximum Gasteiger partial charge on any atom is 0.339 e. The minimum absolute atomic E-state index is 0.0140. The van der Waals surface area contributed by atoms with Gasteiger partial charge in [0, 0.05) is 0 Å². The standard InChI is InChI=1S/C13H11NO5S/c15-12-10(13(16)17)7-4-8-11(12)14-20(18,19)9-5-2-1-3-6-9/h1-8,14-15H,(H,16,17). The quantitative estimate of drug-likeness (QED) is 0.747. The van der Waals surface area contributed by atoms with E-state index in [1.807, 2.05) is 0 Å². The number of rotatable bonds is 4.